The number of esters is 1. The molecule has 0 saturated heterocycles. The Labute approximate surface area is 104 Å². The standard InChI is InChI=1S/C12H16BrNO2/c1-12(2,3)7-9-5-8(13)6-10(14-9)11(15)16-4/h5-6H,7H2,1-4H3. The van der Waals surface area contributed by atoms with Crippen molar-refractivity contribution in [2.75, 3.05) is 7.11 Å². The number of aromatic nitrogens is 1. The Morgan fingerprint density at radius 3 is 2.56 bits per heavy atom. The molecule has 1 rings (SSSR count). The molecule has 1 aromatic rings. The molecule has 0 aliphatic rings. The molecular weight excluding hydrogens is 270 g/mol. The Balaban J connectivity index is 3.03. The second kappa shape index (κ2) is 4.95. The average molecular weight is 286 g/mol. The van der Waals surface area contributed by atoms with E-state index in [1.54, 1.807) is 6.07 Å². The molecule has 0 saturated carbocycles. The first-order valence-corrected chi connectivity index (χ1v) is 5.86. The molecule has 0 unspecified atom stereocenters. The summed E-state index contributed by atoms with van der Waals surface area (Å²) in [6, 6.07) is 3.59. The quantitative estimate of drug-likeness (QED) is 0.784. The zero-order valence-corrected chi connectivity index (χ0v) is 11.6. The van der Waals surface area contributed by atoms with Crippen LogP contribution in [0.3, 0.4) is 0 Å². The first kappa shape index (κ1) is 13.2. The van der Waals surface area contributed by atoms with E-state index >= 15 is 0 Å². The summed E-state index contributed by atoms with van der Waals surface area (Å²) in [5.74, 6) is -0.406. The number of carbonyl (C=O) groups excluding carboxylic acids is 1. The van der Waals surface area contributed by atoms with E-state index in [9.17, 15) is 4.79 Å². The van der Waals surface area contributed by atoms with E-state index in [1.807, 2.05) is 6.07 Å². The van der Waals surface area contributed by atoms with Gasteiger partial charge in [0.2, 0.25) is 0 Å². The Kier molecular flexibility index (Phi) is 4.08. The minimum Gasteiger partial charge on any atom is -0.464 e. The number of pyridine rings is 1. The Hall–Kier alpha value is -0.900. The second-order valence-electron chi connectivity index (χ2n) is 4.89. The Morgan fingerprint density at radius 1 is 1.44 bits per heavy atom. The molecule has 16 heavy (non-hydrogen) atoms. The van der Waals surface area contributed by atoms with Gasteiger partial charge in [-0.2, -0.15) is 0 Å². The van der Waals surface area contributed by atoms with Crippen LogP contribution in [0.4, 0.5) is 0 Å². The molecule has 0 aliphatic heterocycles. The molecule has 0 spiro atoms. The monoisotopic (exact) mass is 285 g/mol. The van der Waals surface area contributed by atoms with Crippen LogP contribution in [-0.4, -0.2) is 18.1 Å². The number of rotatable bonds is 2. The summed E-state index contributed by atoms with van der Waals surface area (Å²) in [5, 5.41) is 0. The van der Waals surface area contributed by atoms with Crippen LogP contribution >= 0.6 is 15.9 Å². The molecule has 0 bridgehead atoms. The van der Waals surface area contributed by atoms with Crippen molar-refractivity contribution >= 4 is 21.9 Å². The van der Waals surface area contributed by atoms with E-state index < -0.39 is 5.97 Å². The molecule has 0 aliphatic carbocycles. The number of methoxy groups -OCH3 is 1. The van der Waals surface area contributed by atoms with Crippen LogP contribution in [0, 0.1) is 5.41 Å². The van der Waals surface area contributed by atoms with E-state index in [2.05, 4.69) is 46.4 Å². The lowest BCUT2D eigenvalue weighted by Crippen LogP contribution is -2.13. The highest BCUT2D eigenvalue weighted by molar-refractivity contribution is 9.10. The molecule has 0 N–H and O–H groups in total. The van der Waals surface area contributed by atoms with Gasteiger partial charge >= 0.3 is 5.97 Å². The van der Waals surface area contributed by atoms with Crippen molar-refractivity contribution < 1.29 is 9.53 Å². The maximum Gasteiger partial charge on any atom is 0.356 e. The minimum atomic E-state index is -0.406. The Morgan fingerprint density at radius 2 is 2.06 bits per heavy atom. The van der Waals surface area contributed by atoms with E-state index in [1.165, 1.54) is 7.11 Å². The van der Waals surface area contributed by atoms with Gasteiger partial charge in [-0.3, -0.25) is 0 Å². The fourth-order valence-electron chi connectivity index (χ4n) is 1.39. The van der Waals surface area contributed by atoms with Gasteiger partial charge in [-0.25, -0.2) is 9.78 Å². The number of carbonyl (C=O) groups is 1. The third kappa shape index (κ3) is 3.93. The second-order valence-corrected chi connectivity index (χ2v) is 5.81. The SMILES string of the molecule is COC(=O)c1cc(Br)cc(CC(C)(C)C)n1. The van der Waals surface area contributed by atoms with Gasteiger partial charge in [-0.15, -0.1) is 0 Å². The van der Waals surface area contributed by atoms with Gasteiger partial charge in [-0.1, -0.05) is 36.7 Å². The van der Waals surface area contributed by atoms with Gasteiger partial charge in [0.25, 0.3) is 0 Å². The first-order valence-electron chi connectivity index (χ1n) is 5.06. The van der Waals surface area contributed by atoms with Gasteiger partial charge < -0.3 is 4.74 Å². The summed E-state index contributed by atoms with van der Waals surface area (Å²) in [5.41, 5.74) is 1.37. The van der Waals surface area contributed by atoms with Crippen molar-refractivity contribution in [1.29, 1.82) is 0 Å². The highest BCUT2D eigenvalue weighted by Gasteiger charge is 2.15. The van der Waals surface area contributed by atoms with Crippen LogP contribution in [0.1, 0.15) is 37.0 Å². The summed E-state index contributed by atoms with van der Waals surface area (Å²) in [4.78, 5) is 15.7. The fraction of sp³-hybridized carbons (Fsp3) is 0.500. The Bertz CT molecular complexity index is 396. The maximum absolute atomic E-state index is 11.4. The van der Waals surface area contributed by atoms with Crippen LogP contribution in [0.25, 0.3) is 0 Å². The minimum absolute atomic E-state index is 0.140. The molecule has 1 aromatic heterocycles. The van der Waals surface area contributed by atoms with E-state index in [0.717, 1.165) is 16.6 Å². The molecular formula is C12H16BrNO2. The number of hydrogen-bond donors (Lipinski definition) is 0. The normalized spacial score (nSPS) is 11.3. The van der Waals surface area contributed by atoms with Gasteiger partial charge in [0.15, 0.2) is 0 Å². The molecule has 4 heteroatoms. The van der Waals surface area contributed by atoms with Crippen LogP contribution in [0.2, 0.25) is 0 Å². The summed E-state index contributed by atoms with van der Waals surface area (Å²) >= 11 is 3.37. The zero-order chi connectivity index (χ0) is 12.3. The lowest BCUT2D eigenvalue weighted by atomic mass is 9.90. The molecule has 0 aromatic carbocycles. The van der Waals surface area contributed by atoms with Gasteiger partial charge in [0.1, 0.15) is 5.69 Å². The molecule has 0 amide bonds. The molecule has 3 nitrogen and oxygen atoms in total. The van der Waals surface area contributed by atoms with E-state index in [4.69, 9.17) is 0 Å². The molecule has 0 fully saturated rings. The van der Waals surface area contributed by atoms with Crippen molar-refractivity contribution in [1.82, 2.24) is 4.98 Å². The van der Waals surface area contributed by atoms with Gasteiger partial charge in [0, 0.05) is 10.2 Å². The molecule has 0 radical (unpaired) electrons. The predicted molar refractivity (Wildman–Crippen MR) is 66.4 cm³/mol. The first-order chi connectivity index (χ1) is 7.31. The van der Waals surface area contributed by atoms with Gasteiger partial charge in [0.05, 0.1) is 7.11 Å². The summed E-state index contributed by atoms with van der Waals surface area (Å²) < 4.78 is 5.50. The van der Waals surface area contributed by atoms with Crippen molar-refractivity contribution in [3.63, 3.8) is 0 Å². The number of nitrogens with zero attached hydrogens (tertiary/aromatic N) is 1. The van der Waals surface area contributed by atoms with Crippen molar-refractivity contribution in [3.05, 3.63) is 28.0 Å². The third-order valence-electron chi connectivity index (χ3n) is 1.95. The smallest absolute Gasteiger partial charge is 0.356 e. The van der Waals surface area contributed by atoms with Gasteiger partial charge in [-0.05, 0) is 24.0 Å². The fourth-order valence-corrected chi connectivity index (χ4v) is 1.87. The van der Waals surface area contributed by atoms with Crippen LogP contribution in [0.5, 0.6) is 0 Å². The summed E-state index contributed by atoms with van der Waals surface area (Å²) in [6.45, 7) is 6.40. The summed E-state index contributed by atoms with van der Waals surface area (Å²) in [6.07, 6.45) is 0.816. The van der Waals surface area contributed by atoms with Crippen LogP contribution < -0.4 is 0 Å². The van der Waals surface area contributed by atoms with E-state index in [-0.39, 0.29) is 5.41 Å². The number of ether oxygens (including phenoxy) is 1. The summed E-state index contributed by atoms with van der Waals surface area (Å²) in [7, 11) is 1.36. The predicted octanol–water partition coefficient (Wildman–Crippen LogP) is 3.22. The maximum atomic E-state index is 11.4. The number of hydrogen-bond acceptors (Lipinski definition) is 3. The average Bonchev–Trinajstić information content (AvgIpc) is 2.12. The lowest BCUT2D eigenvalue weighted by Gasteiger charge is -2.17. The van der Waals surface area contributed by atoms with Crippen LogP contribution in [0.15, 0.2) is 16.6 Å². The zero-order valence-electron chi connectivity index (χ0n) is 10.0. The molecule has 1 heterocycles. The lowest BCUT2D eigenvalue weighted by molar-refractivity contribution is 0.0593. The number of halogens is 1. The largest absolute Gasteiger partial charge is 0.464 e. The van der Waals surface area contributed by atoms with Crippen molar-refractivity contribution in [2.24, 2.45) is 5.41 Å². The van der Waals surface area contributed by atoms with Crippen molar-refractivity contribution in [3.8, 4) is 0 Å². The third-order valence-corrected chi connectivity index (χ3v) is 2.41. The van der Waals surface area contributed by atoms with E-state index in [0.29, 0.717) is 5.69 Å². The van der Waals surface area contributed by atoms with Crippen molar-refractivity contribution in [2.45, 2.75) is 27.2 Å². The highest BCUT2D eigenvalue weighted by atomic mass is 79.9. The molecule has 0 atom stereocenters. The topological polar surface area (TPSA) is 39.2 Å². The molecule has 88 valence electrons. The van der Waals surface area contributed by atoms with Crippen LogP contribution in [-0.2, 0) is 11.2 Å². The highest BCUT2D eigenvalue weighted by Crippen LogP contribution is 2.22.